The van der Waals surface area contributed by atoms with Crippen LogP contribution in [0.25, 0.3) is 0 Å². The molecule has 2 aromatic rings. The van der Waals surface area contributed by atoms with E-state index in [4.69, 9.17) is 11.6 Å². The van der Waals surface area contributed by atoms with Crippen molar-refractivity contribution in [1.29, 1.82) is 0 Å². The first-order valence-electron chi connectivity index (χ1n) is 9.35. The molecule has 1 fully saturated rings. The highest BCUT2D eigenvalue weighted by Gasteiger charge is 2.33. The van der Waals surface area contributed by atoms with Crippen molar-refractivity contribution in [3.05, 3.63) is 46.2 Å². The smallest absolute Gasteiger partial charge is 0.264 e. The largest absolute Gasteiger partial charge is 0.350 e. The zero-order chi connectivity index (χ0) is 20.6. The van der Waals surface area contributed by atoms with Gasteiger partial charge in [-0.3, -0.25) is 9.52 Å². The van der Waals surface area contributed by atoms with Gasteiger partial charge in [0.15, 0.2) is 0 Å². The predicted octanol–water partition coefficient (Wildman–Crippen LogP) is 3.97. The summed E-state index contributed by atoms with van der Waals surface area (Å²) in [5.74, 6) is 0.356. The van der Waals surface area contributed by atoms with Crippen molar-refractivity contribution >= 4 is 33.2 Å². The molecule has 1 aromatic carbocycles. The second-order valence-electron chi connectivity index (χ2n) is 7.52. The number of halogens is 1. The Morgan fingerprint density at radius 2 is 1.82 bits per heavy atom. The number of rotatable bonds is 4. The van der Waals surface area contributed by atoms with E-state index in [1.165, 1.54) is 6.07 Å². The van der Waals surface area contributed by atoms with Crippen molar-refractivity contribution in [1.82, 2.24) is 9.47 Å². The number of anilines is 1. The van der Waals surface area contributed by atoms with Gasteiger partial charge in [0.25, 0.3) is 15.9 Å². The Labute approximate surface area is 171 Å². The normalized spacial score (nSPS) is 15.7. The van der Waals surface area contributed by atoms with Gasteiger partial charge in [0.1, 0.15) is 4.90 Å². The summed E-state index contributed by atoms with van der Waals surface area (Å²) in [6.07, 6.45) is 1.86. The van der Waals surface area contributed by atoms with Crippen LogP contribution in [-0.4, -0.2) is 36.9 Å². The van der Waals surface area contributed by atoms with Gasteiger partial charge in [0.2, 0.25) is 0 Å². The number of hydrogen-bond acceptors (Lipinski definition) is 3. The van der Waals surface area contributed by atoms with E-state index in [1.807, 2.05) is 0 Å². The maximum Gasteiger partial charge on any atom is 0.264 e. The van der Waals surface area contributed by atoms with E-state index in [9.17, 15) is 13.2 Å². The van der Waals surface area contributed by atoms with Gasteiger partial charge >= 0.3 is 0 Å². The summed E-state index contributed by atoms with van der Waals surface area (Å²) < 4.78 is 30.8. The molecule has 1 aliphatic heterocycles. The SMILES string of the molecule is Cc1c(C(=O)N2CCC(C)CC2)c(S(=O)(=O)Nc2cccc(Cl)c2)c(C)n1C. The summed E-state index contributed by atoms with van der Waals surface area (Å²) in [6, 6.07) is 6.51. The maximum absolute atomic E-state index is 13.3. The summed E-state index contributed by atoms with van der Waals surface area (Å²) in [5, 5.41) is 0.430. The standard InChI is InChI=1S/C20H26ClN3O3S/c1-13-8-10-24(11-9-13)20(25)18-14(2)23(4)15(3)19(18)28(26,27)22-17-7-5-6-16(21)12-17/h5-7,12-13,22H,8-11H2,1-4H3. The van der Waals surface area contributed by atoms with Crippen molar-refractivity contribution in [3.8, 4) is 0 Å². The minimum absolute atomic E-state index is 0.0381. The molecule has 0 atom stereocenters. The van der Waals surface area contributed by atoms with Crippen LogP contribution in [0.2, 0.25) is 5.02 Å². The van der Waals surface area contributed by atoms with Gasteiger partial charge in [-0.15, -0.1) is 0 Å². The summed E-state index contributed by atoms with van der Waals surface area (Å²) in [4.78, 5) is 15.1. The highest BCUT2D eigenvalue weighted by molar-refractivity contribution is 7.92. The Balaban J connectivity index is 2.03. The minimum atomic E-state index is -3.96. The first-order chi connectivity index (χ1) is 13.1. The Bertz CT molecular complexity index is 1010. The minimum Gasteiger partial charge on any atom is -0.350 e. The molecule has 28 heavy (non-hydrogen) atoms. The molecule has 152 valence electrons. The van der Waals surface area contributed by atoms with E-state index in [0.29, 0.717) is 41.1 Å². The molecular formula is C20H26ClN3O3S. The van der Waals surface area contributed by atoms with Crippen molar-refractivity contribution < 1.29 is 13.2 Å². The number of carbonyl (C=O) groups is 1. The van der Waals surface area contributed by atoms with E-state index < -0.39 is 10.0 Å². The Kier molecular flexibility index (Phi) is 5.77. The van der Waals surface area contributed by atoms with Gasteiger partial charge in [-0.1, -0.05) is 24.6 Å². The zero-order valence-electron chi connectivity index (χ0n) is 16.6. The molecule has 6 nitrogen and oxygen atoms in total. The molecule has 3 rings (SSSR count). The number of aromatic nitrogens is 1. The molecule has 0 bridgehead atoms. The fraction of sp³-hybridized carbons (Fsp3) is 0.450. The number of piperidine rings is 1. The number of sulfonamides is 1. The van der Waals surface area contributed by atoms with Crippen LogP contribution in [0, 0.1) is 19.8 Å². The third-order valence-electron chi connectivity index (χ3n) is 5.55. The van der Waals surface area contributed by atoms with Gasteiger partial charge in [0, 0.05) is 36.5 Å². The Morgan fingerprint density at radius 3 is 2.43 bits per heavy atom. The molecule has 0 aliphatic carbocycles. The molecule has 8 heteroatoms. The summed E-state index contributed by atoms with van der Waals surface area (Å²) in [6.45, 7) is 6.97. The van der Waals surface area contributed by atoms with Gasteiger partial charge in [-0.2, -0.15) is 0 Å². The lowest BCUT2D eigenvalue weighted by Crippen LogP contribution is -2.38. The lowest BCUT2D eigenvalue weighted by atomic mass is 9.98. The fourth-order valence-electron chi connectivity index (χ4n) is 3.63. The van der Waals surface area contributed by atoms with E-state index in [0.717, 1.165) is 12.8 Å². The van der Waals surface area contributed by atoms with E-state index in [-0.39, 0.29) is 16.4 Å². The number of likely N-dealkylation sites (tertiary alicyclic amines) is 1. The number of amides is 1. The van der Waals surface area contributed by atoms with Crippen molar-refractivity contribution in [3.63, 3.8) is 0 Å². The number of hydrogen-bond donors (Lipinski definition) is 1. The average molecular weight is 424 g/mol. The van der Waals surface area contributed by atoms with Gasteiger partial charge in [0.05, 0.1) is 11.3 Å². The summed E-state index contributed by atoms with van der Waals surface area (Å²) >= 11 is 5.98. The van der Waals surface area contributed by atoms with Crippen molar-refractivity contribution in [2.75, 3.05) is 17.8 Å². The van der Waals surface area contributed by atoms with Crippen molar-refractivity contribution in [2.24, 2.45) is 13.0 Å². The monoisotopic (exact) mass is 423 g/mol. The fourth-order valence-corrected chi connectivity index (χ4v) is 5.38. The summed E-state index contributed by atoms with van der Waals surface area (Å²) in [5.41, 5.74) is 1.79. The highest BCUT2D eigenvalue weighted by atomic mass is 35.5. The van der Waals surface area contributed by atoms with Gasteiger partial charge < -0.3 is 9.47 Å². The van der Waals surface area contributed by atoms with Crippen LogP contribution in [-0.2, 0) is 17.1 Å². The third-order valence-corrected chi connectivity index (χ3v) is 7.33. The molecular weight excluding hydrogens is 398 g/mol. The van der Waals surface area contributed by atoms with Crippen LogP contribution in [0.5, 0.6) is 0 Å². The molecule has 1 saturated heterocycles. The molecule has 1 amide bonds. The molecule has 1 aliphatic rings. The molecule has 0 saturated carbocycles. The highest BCUT2D eigenvalue weighted by Crippen LogP contribution is 2.30. The van der Waals surface area contributed by atoms with Crippen LogP contribution in [0.1, 0.15) is 41.5 Å². The topological polar surface area (TPSA) is 71.4 Å². The van der Waals surface area contributed by atoms with E-state index >= 15 is 0 Å². The van der Waals surface area contributed by atoms with E-state index in [2.05, 4.69) is 11.6 Å². The molecule has 0 unspecified atom stereocenters. The number of benzene rings is 1. The van der Waals surface area contributed by atoms with Crippen LogP contribution >= 0.6 is 11.6 Å². The van der Waals surface area contributed by atoms with Crippen LogP contribution in [0.15, 0.2) is 29.2 Å². The number of nitrogens with one attached hydrogen (secondary N) is 1. The van der Waals surface area contributed by atoms with Crippen LogP contribution in [0.3, 0.4) is 0 Å². The maximum atomic E-state index is 13.3. The third kappa shape index (κ3) is 3.91. The van der Waals surface area contributed by atoms with Crippen molar-refractivity contribution in [2.45, 2.75) is 38.5 Å². The predicted molar refractivity (Wildman–Crippen MR) is 111 cm³/mol. The molecule has 1 N–H and O–H groups in total. The Morgan fingerprint density at radius 1 is 1.18 bits per heavy atom. The van der Waals surface area contributed by atoms with Crippen LogP contribution in [0.4, 0.5) is 5.69 Å². The Hall–Kier alpha value is -1.99. The average Bonchev–Trinajstić information content (AvgIpc) is 2.86. The lowest BCUT2D eigenvalue weighted by molar-refractivity contribution is 0.0692. The van der Waals surface area contributed by atoms with E-state index in [1.54, 1.807) is 48.6 Å². The summed E-state index contributed by atoms with van der Waals surface area (Å²) in [7, 11) is -2.19. The zero-order valence-corrected chi connectivity index (χ0v) is 18.2. The lowest BCUT2D eigenvalue weighted by Gasteiger charge is -2.30. The molecule has 0 spiro atoms. The molecule has 2 heterocycles. The first kappa shape index (κ1) is 20.7. The van der Waals surface area contributed by atoms with Gasteiger partial charge in [-0.05, 0) is 50.8 Å². The first-order valence-corrected chi connectivity index (χ1v) is 11.2. The quantitative estimate of drug-likeness (QED) is 0.808. The molecule has 0 radical (unpaired) electrons. The second kappa shape index (κ2) is 7.79. The van der Waals surface area contributed by atoms with Gasteiger partial charge in [-0.25, -0.2) is 8.42 Å². The number of carbonyl (C=O) groups excluding carboxylic acids is 1. The molecule has 1 aromatic heterocycles. The van der Waals surface area contributed by atoms with Crippen LogP contribution < -0.4 is 4.72 Å². The second-order valence-corrected chi connectivity index (χ2v) is 9.58. The number of nitrogens with zero attached hydrogens (tertiary/aromatic N) is 2.